The zero-order valence-electron chi connectivity index (χ0n) is 18.5. The van der Waals surface area contributed by atoms with Gasteiger partial charge in [-0.2, -0.15) is 9.67 Å². The van der Waals surface area contributed by atoms with Crippen molar-refractivity contribution in [3.8, 4) is 5.95 Å². The number of benzene rings is 2. The van der Waals surface area contributed by atoms with Crippen molar-refractivity contribution in [1.29, 1.82) is 0 Å². The minimum absolute atomic E-state index is 0.283. The summed E-state index contributed by atoms with van der Waals surface area (Å²) in [4.78, 5) is 23.4. The summed E-state index contributed by atoms with van der Waals surface area (Å²) >= 11 is 0. The molecule has 0 aliphatic carbocycles. The lowest BCUT2D eigenvalue weighted by Gasteiger charge is -2.29. The highest BCUT2D eigenvalue weighted by atomic mass is 16.4. The normalized spacial score (nSPS) is 13.1. The molecule has 0 fully saturated rings. The maximum atomic E-state index is 11.8. The van der Waals surface area contributed by atoms with E-state index in [0.717, 1.165) is 36.3 Å². The van der Waals surface area contributed by atoms with Crippen LogP contribution in [0.15, 0.2) is 42.5 Å². The number of carbonyl (C=O) groups is 1. The quantitative estimate of drug-likeness (QED) is 0.292. The van der Waals surface area contributed by atoms with Crippen molar-refractivity contribution >= 4 is 41.0 Å². The van der Waals surface area contributed by atoms with Gasteiger partial charge >= 0.3 is 7.12 Å². The predicted octanol–water partition coefficient (Wildman–Crippen LogP) is -0.0163. The van der Waals surface area contributed by atoms with Crippen LogP contribution in [-0.4, -0.2) is 61.6 Å². The molecule has 0 bridgehead atoms. The molecule has 11 nitrogen and oxygen atoms in total. The smallest absolute Gasteiger partial charge is 0.423 e. The zero-order chi connectivity index (χ0) is 23.8. The lowest BCUT2D eigenvalue weighted by atomic mass is 9.80. The molecular weight excluding hydrogens is 435 g/mol. The zero-order valence-corrected chi connectivity index (χ0v) is 18.5. The Balaban J connectivity index is 1.56. The summed E-state index contributed by atoms with van der Waals surface area (Å²) in [7, 11) is 0.467. The van der Waals surface area contributed by atoms with Gasteiger partial charge in [-0.3, -0.25) is 4.79 Å². The number of amides is 1. The average Bonchev–Trinajstić information content (AvgIpc) is 3.27. The van der Waals surface area contributed by atoms with Gasteiger partial charge in [-0.05, 0) is 36.0 Å². The van der Waals surface area contributed by atoms with Gasteiger partial charge in [0.25, 0.3) is 11.9 Å². The van der Waals surface area contributed by atoms with E-state index in [0.29, 0.717) is 34.8 Å². The van der Waals surface area contributed by atoms with Crippen molar-refractivity contribution in [1.82, 2.24) is 25.0 Å². The average molecular weight is 458 g/mol. The SMILES string of the molecule is CN1CCCc2nc(-n3nnc4c(C(N)=O)cccc43)nc(NCc3cccc(B(O)O)c3)c21. The number of nitrogens with zero attached hydrogens (tertiary/aromatic N) is 6. The molecule has 0 saturated carbocycles. The van der Waals surface area contributed by atoms with Crippen molar-refractivity contribution in [2.75, 3.05) is 23.8 Å². The topological polar surface area (TPSA) is 155 Å². The third-order valence-electron chi connectivity index (χ3n) is 5.87. The first-order valence-corrected chi connectivity index (χ1v) is 10.9. The summed E-state index contributed by atoms with van der Waals surface area (Å²) in [5, 5.41) is 30.7. The van der Waals surface area contributed by atoms with Gasteiger partial charge in [-0.25, -0.2) is 4.98 Å². The first-order chi connectivity index (χ1) is 16.4. The Morgan fingerprint density at radius 3 is 2.82 bits per heavy atom. The number of carbonyl (C=O) groups excluding carboxylic acids is 1. The number of nitrogens with one attached hydrogen (secondary N) is 1. The number of hydrogen-bond acceptors (Lipinski definition) is 9. The molecule has 1 aliphatic heterocycles. The van der Waals surface area contributed by atoms with E-state index in [2.05, 4.69) is 20.5 Å². The Morgan fingerprint density at radius 1 is 1.21 bits per heavy atom. The van der Waals surface area contributed by atoms with E-state index in [4.69, 9.17) is 15.7 Å². The molecule has 172 valence electrons. The van der Waals surface area contributed by atoms with Crippen LogP contribution in [0.3, 0.4) is 0 Å². The first kappa shape index (κ1) is 21.8. The van der Waals surface area contributed by atoms with Crippen molar-refractivity contribution in [3.63, 3.8) is 0 Å². The van der Waals surface area contributed by atoms with Gasteiger partial charge in [-0.15, -0.1) is 5.10 Å². The Bertz CT molecular complexity index is 1390. The molecule has 1 aliphatic rings. The standard InChI is InChI=1S/C22H23BN8O3/c1-30-10-4-8-16-19(30)21(25-12-13-5-2-6-14(11-13)23(33)34)27-22(26-16)31-17-9-3-7-15(20(24)32)18(17)28-29-31/h2-3,5-7,9,11,33-34H,4,8,10,12H2,1H3,(H2,24,32)(H,25,26,27). The van der Waals surface area contributed by atoms with Crippen molar-refractivity contribution in [2.45, 2.75) is 19.4 Å². The second kappa shape index (κ2) is 8.73. The number of anilines is 2. The molecule has 5 rings (SSSR count). The van der Waals surface area contributed by atoms with Crippen LogP contribution < -0.4 is 21.4 Å². The lowest BCUT2D eigenvalue weighted by molar-refractivity contribution is 0.100. The van der Waals surface area contributed by atoms with Gasteiger partial charge in [0.05, 0.1) is 16.8 Å². The Kier molecular flexibility index (Phi) is 5.60. The molecule has 0 spiro atoms. The third-order valence-corrected chi connectivity index (χ3v) is 5.87. The minimum atomic E-state index is -1.53. The van der Waals surface area contributed by atoms with Gasteiger partial charge < -0.3 is 26.0 Å². The number of aromatic nitrogens is 5. The minimum Gasteiger partial charge on any atom is -0.423 e. The maximum Gasteiger partial charge on any atom is 0.488 e. The molecule has 0 unspecified atom stereocenters. The maximum absolute atomic E-state index is 11.8. The Morgan fingerprint density at radius 2 is 2.03 bits per heavy atom. The van der Waals surface area contributed by atoms with Crippen molar-refractivity contribution < 1.29 is 14.8 Å². The summed E-state index contributed by atoms with van der Waals surface area (Å²) in [5.41, 5.74) is 9.83. The largest absolute Gasteiger partial charge is 0.488 e. The van der Waals surface area contributed by atoms with Crippen LogP contribution in [0.25, 0.3) is 17.0 Å². The number of fused-ring (bicyclic) bond motifs is 2. The summed E-state index contributed by atoms with van der Waals surface area (Å²) in [6.07, 6.45) is 1.75. The molecule has 12 heteroatoms. The molecular formula is C22H23BN8O3. The molecule has 0 radical (unpaired) electrons. The third kappa shape index (κ3) is 3.93. The summed E-state index contributed by atoms with van der Waals surface area (Å²) in [6.45, 7) is 1.30. The highest BCUT2D eigenvalue weighted by Crippen LogP contribution is 2.32. The van der Waals surface area contributed by atoms with E-state index in [1.807, 2.05) is 13.1 Å². The molecule has 3 heterocycles. The summed E-state index contributed by atoms with van der Waals surface area (Å²) < 4.78 is 1.50. The van der Waals surface area contributed by atoms with E-state index >= 15 is 0 Å². The number of primary amides is 1. The van der Waals surface area contributed by atoms with Crippen LogP contribution in [0.2, 0.25) is 0 Å². The monoisotopic (exact) mass is 458 g/mol. The molecule has 4 aromatic rings. The van der Waals surface area contributed by atoms with Crippen LogP contribution >= 0.6 is 0 Å². The number of rotatable bonds is 6. The fourth-order valence-corrected chi connectivity index (χ4v) is 4.22. The van der Waals surface area contributed by atoms with E-state index in [-0.39, 0.29) is 5.56 Å². The molecule has 2 aromatic carbocycles. The number of hydrogen-bond donors (Lipinski definition) is 4. The Labute approximate surface area is 195 Å². The molecule has 5 N–H and O–H groups in total. The predicted molar refractivity (Wildman–Crippen MR) is 128 cm³/mol. The van der Waals surface area contributed by atoms with Gasteiger partial charge in [0.1, 0.15) is 11.2 Å². The van der Waals surface area contributed by atoms with E-state index in [1.54, 1.807) is 36.4 Å². The van der Waals surface area contributed by atoms with Crippen molar-refractivity contribution in [3.05, 3.63) is 59.3 Å². The van der Waals surface area contributed by atoms with Crippen LogP contribution in [0.1, 0.15) is 28.0 Å². The Hall–Kier alpha value is -4.03. The van der Waals surface area contributed by atoms with Gasteiger partial charge in [-0.1, -0.05) is 35.5 Å². The summed E-state index contributed by atoms with van der Waals surface area (Å²) in [6, 6.07) is 12.2. The van der Waals surface area contributed by atoms with Gasteiger partial charge in [0, 0.05) is 20.1 Å². The van der Waals surface area contributed by atoms with Crippen LogP contribution in [-0.2, 0) is 13.0 Å². The van der Waals surface area contributed by atoms with Crippen molar-refractivity contribution in [2.24, 2.45) is 5.73 Å². The molecule has 0 saturated heterocycles. The fraction of sp³-hybridized carbons (Fsp3) is 0.227. The van der Waals surface area contributed by atoms with E-state index < -0.39 is 13.0 Å². The van der Waals surface area contributed by atoms with E-state index in [9.17, 15) is 14.8 Å². The van der Waals surface area contributed by atoms with Gasteiger partial charge in [0.2, 0.25) is 0 Å². The number of aryl methyl sites for hydroxylation is 1. The van der Waals surface area contributed by atoms with Gasteiger partial charge in [0.15, 0.2) is 5.82 Å². The first-order valence-electron chi connectivity index (χ1n) is 10.9. The van der Waals surface area contributed by atoms with E-state index in [1.165, 1.54) is 4.68 Å². The van der Waals surface area contributed by atoms with Crippen LogP contribution in [0.4, 0.5) is 11.5 Å². The number of nitrogens with two attached hydrogens (primary N) is 1. The lowest BCUT2D eigenvalue weighted by Crippen LogP contribution is -2.30. The molecule has 34 heavy (non-hydrogen) atoms. The van der Waals surface area contributed by atoms with Crippen LogP contribution in [0, 0.1) is 0 Å². The molecule has 2 aromatic heterocycles. The second-order valence-electron chi connectivity index (χ2n) is 8.20. The van der Waals surface area contributed by atoms with Crippen LogP contribution in [0.5, 0.6) is 0 Å². The molecule has 0 atom stereocenters. The molecule has 1 amide bonds. The fourth-order valence-electron chi connectivity index (χ4n) is 4.22. The summed E-state index contributed by atoms with van der Waals surface area (Å²) in [5.74, 6) is 0.385. The highest BCUT2D eigenvalue weighted by Gasteiger charge is 2.24. The second-order valence-corrected chi connectivity index (χ2v) is 8.20. The highest BCUT2D eigenvalue weighted by molar-refractivity contribution is 6.58.